The van der Waals surface area contributed by atoms with Gasteiger partial charge >= 0.3 is 5.97 Å². The van der Waals surface area contributed by atoms with Crippen LogP contribution in [0.2, 0.25) is 0 Å². The molecule has 1 fully saturated rings. The van der Waals surface area contributed by atoms with Crippen LogP contribution in [0.1, 0.15) is 49.4 Å². The first-order valence-electron chi connectivity index (χ1n) is 6.98. The van der Waals surface area contributed by atoms with E-state index in [9.17, 15) is 9.18 Å². The van der Waals surface area contributed by atoms with Crippen molar-refractivity contribution in [2.24, 2.45) is 5.92 Å². The van der Waals surface area contributed by atoms with Crippen LogP contribution in [-0.2, 0) is 0 Å². The van der Waals surface area contributed by atoms with Crippen molar-refractivity contribution in [3.8, 4) is 0 Å². The number of anilines is 1. The van der Waals surface area contributed by atoms with E-state index in [0.717, 1.165) is 19.3 Å². The fourth-order valence-electron chi connectivity index (χ4n) is 2.73. The van der Waals surface area contributed by atoms with Gasteiger partial charge in [0.05, 0.1) is 15.7 Å². The lowest BCUT2D eigenvalue weighted by Gasteiger charge is -2.24. The minimum Gasteiger partial charge on any atom is -0.478 e. The van der Waals surface area contributed by atoms with E-state index in [1.807, 2.05) is 0 Å². The van der Waals surface area contributed by atoms with E-state index >= 15 is 0 Å². The highest BCUT2D eigenvalue weighted by Gasteiger charge is 2.22. The van der Waals surface area contributed by atoms with E-state index in [-0.39, 0.29) is 16.1 Å². The van der Waals surface area contributed by atoms with E-state index in [1.54, 1.807) is 0 Å². The summed E-state index contributed by atoms with van der Waals surface area (Å²) < 4.78 is 14.2. The highest BCUT2D eigenvalue weighted by Crippen LogP contribution is 2.31. The highest BCUT2D eigenvalue weighted by molar-refractivity contribution is 9.10. The van der Waals surface area contributed by atoms with E-state index in [4.69, 9.17) is 5.11 Å². The summed E-state index contributed by atoms with van der Waals surface area (Å²) in [5.41, 5.74) is 0.322. The average Bonchev–Trinajstić information content (AvgIpc) is 2.60. The Hall–Kier alpha value is -1.10. The van der Waals surface area contributed by atoms with Crippen LogP contribution >= 0.6 is 15.9 Å². The molecule has 0 heterocycles. The van der Waals surface area contributed by atoms with Gasteiger partial charge in [-0.05, 0) is 46.8 Å². The molecule has 0 saturated heterocycles. The van der Waals surface area contributed by atoms with Gasteiger partial charge in [0, 0.05) is 6.04 Å². The van der Waals surface area contributed by atoms with Crippen molar-refractivity contribution in [2.75, 3.05) is 5.32 Å². The number of aromatic carboxylic acids is 1. The molecule has 5 heteroatoms. The van der Waals surface area contributed by atoms with Crippen molar-refractivity contribution in [3.63, 3.8) is 0 Å². The minimum atomic E-state index is -1.13. The molecule has 1 aliphatic carbocycles. The maximum atomic E-state index is 14.2. The predicted molar refractivity (Wildman–Crippen MR) is 80.7 cm³/mol. The Labute approximate surface area is 126 Å². The van der Waals surface area contributed by atoms with Gasteiger partial charge in [0.1, 0.15) is 0 Å². The van der Waals surface area contributed by atoms with E-state index < -0.39 is 11.8 Å². The van der Waals surface area contributed by atoms with Crippen LogP contribution in [0.5, 0.6) is 0 Å². The first-order chi connectivity index (χ1) is 9.50. The molecule has 3 nitrogen and oxygen atoms in total. The predicted octanol–water partition coefficient (Wildman–Crippen LogP) is 4.67. The Morgan fingerprint density at radius 1 is 1.35 bits per heavy atom. The number of rotatable bonds is 3. The third-order valence-electron chi connectivity index (χ3n) is 4.02. The van der Waals surface area contributed by atoms with Crippen LogP contribution in [0.4, 0.5) is 10.1 Å². The second kappa shape index (κ2) is 6.57. The van der Waals surface area contributed by atoms with Gasteiger partial charge in [-0.25, -0.2) is 9.18 Å². The number of nitrogens with one attached hydrogen (secondary N) is 1. The first-order valence-corrected chi connectivity index (χ1v) is 7.78. The van der Waals surface area contributed by atoms with Crippen molar-refractivity contribution >= 4 is 27.6 Å². The molecule has 0 radical (unpaired) electrons. The van der Waals surface area contributed by atoms with E-state index in [2.05, 4.69) is 28.2 Å². The summed E-state index contributed by atoms with van der Waals surface area (Å²) in [6.07, 6.45) is 5.78. The van der Waals surface area contributed by atoms with Crippen LogP contribution in [0.3, 0.4) is 0 Å². The van der Waals surface area contributed by atoms with Crippen LogP contribution in [0, 0.1) is 11.7 Å². The Morgan fingerprint density at radius 3 is 2.75 bits per heavy atom. The molecule has 20 heavy (non-hydrogen) atoms. The van der Waals surface area contributed by atoms with Crippen molar-refractivity contribution in [3.05, 3.63) is 28.0 Å². The SMILES string of the molecule is CC1CCCCCC1Nc1ccc(C(=O)O)c(Br)c1F. The monoisotopic (exact) mass is 343 g/mol. The summed E-state index contributed by atoms with van der Waals surface area (Å²) in [4.78, 5) is 11.0. The van der Waals surface area contributed by atoms with Gasteiger partial charge in [-0.15, -0.1) is 0 Å². The van der Waals surface area contributed by atoms with Gasteiger partial charge < -0.3 is 10.4 Å². The zero-order valence-electron chi connectivity index (χ0n) is 11.5. The third-order valence-corrected chi connectivity index (χ3v) is 4.79. The molecular weight excluding hydrogens is 325 g/mol. The summed E-state index contributed by atoms with van der Waals surface area (Å²) in [6, 6.07) is 3.19. The van der Waals surface area contributed by atoms with Gasteiger partial charge in [-0.1, -0.05) is 26.2 Å². The molecular formula is C15H19BrFNO2. The fraction of sp³-hybridized carbons (Fsp3) is 0.533. The molecule has 0 spiro atoms. The van der Waals surface area contributed by atoms with Gasteiger partial charge in [-0.3, -0.25) is 0 Å². The average molecular weight is 344 g/mol. The number of hydrogen-bond donors (Lipinski definition) is 2. The van der Waals surface area contributed by atoms with Crippen LogP contribution in [0.25, 0.3) is 0 Å². The fourth-order valence-corrected chi connectivity index (χ4v) is 3.25. The third kappa shape index (κ3) is 3.32. The normalized spacial score (nSPS) is 23.1. The standard InChI is InChI=1S/C15H19BrFNO2/c1-9-5-3-2-4-6-11(9)18-12-8-7-10(15(19)20)13(16)14(12)17/h7-9,11,18H,2-6H2,1H3,(H,19,20). The minimum absolute atomic E-state index is 0.0104. The number of benzene rings is 1. The molecule has 1 aromatic carbocycles. The second-order valence-electron chi connectivity index (χ2n) is 5.46. The van der Waals surface area contributed by atoms with Gasteiger partial charge in [0.15, 0.2) is 5.82 Å². The van der Waals surface area contributed by atoms with Gasteiger partial charge in [0.2, 0.25) is 0 Å². The largest absolute Gasteiger partial charge is 0.478 e. The Balaban J connectivity index is 2.21. The molecule has 0 aromatic heterocycles. The Morgan fingerprint density at radius 2 is 2.05 bits per heavy atom. The summed E-state index contributed by atoms with van der Waals surface area (Å²) in [7, 11) is 0. The van der Waals surface area contributed by atoms with Gasteiger partial charge in [0.25, 0.3) is 0 Å². The lowest BCUT2D eigenvalue weighted by molar-refractivity contribution is 0.0695. The topological polar surface area (TPSA) is 49.3 Å². The quantitative estimate of drug-likeness (QED) is 0.784. The van der Waals surface area contributed by atoms with Crippen molar-refractivity contribution < 1.29 is 14.3 Å². The molecule has 0 bridgehead atoms. The van der Waals surface area contributed by atoms with Crippen LogP contribution in [0.15, 0.2) is 16.6 Å². The van der Waals surface area contributed by atoms with Crippen LogP contribution in [-0.4, -0.2) is 17.1 Å². The first kappa shape index (κ1) is 15.3. The lowest BCUT2D eigenvalue weighted by atomic mass is 9.96. The van der Waals surface area contributed by atoms with Crippen molar-refractivity contribution in [2.45, 2.75) is 45.1 Å². The number of carbonyl (C=O) groups is 1. The molecule has 1 aliphatic rings. The molecule has 110 valence electrons. The van der Waals surface area contributed by atoms with E-state index in [1.165, 1.54) is 25.0 Å². The molecule has 1 saturated carbocycles. The summed E-state index contributed by atoms with van der Waals surface area (Å²) >= 11 is 3.03. The number of hydrogen-bond acceptors (Lipinski definition) is 2. The molecule has 2 unspecified atom stereocenters. The summed E-state index contributed by atoms with van der Waals surface area (Å²) in [5, 5.41) is 12.2. The van der Waals surface area contributed by atoms with Gasteiger partial charge in [-0.2, -0.15) is 0 Å². The Bertz CT molecular complexity index is 507. The molecule has 2 rings (SSSR count). The molecule has 0 aliphatic heterocycles. The van der Waals surface area contributed by atoms with Crippen molar-refractivity contribution in [1.29, 1.82) is 0 Å². The lowest BCUT2D eigenvalue weighted by Crippen LogP contribution is -2.26. The highest BCUT2D eigenvalue weighted by atomic mass is 79.9. The van der Waals surface area contributed by atoms with Crippen LogP contribution < -0.4 is 5.32 Å². The Kier molecular flexibility index (Phi) is 5.02. The summed E-state index contributed by atoms with van der Waals surface area (Å²) in [6.45, 7) is 2.18. The second-order valence-corrected chi connectivity index (χ2v) is 6.25. The molecule has 2 atom stereocenters. The molecule has 2 N–H and O–H groups in total. The number of halogens is 2. The zero-order valence-corrected chi connectivity index (χ0v) is 13.0. The maximum absolute atomic E-state index is 14.2. The van der Waals surface area contributed by atoms with Crippen molar-refractivity contribution in [1.82, 2.24) is 0 Å². The molecule has 1 aromatic rings. The van der Waals surface area contributed by atoms with E-state index in [0.29, 0.717) is 11.6 Å². The number of carboxylic acid groups (broad SMARTS) is 1. The smallest absolute Gasteiger partial charge is 0.336 e. The zero-order chi connectivity index (χ0) is 14.7. The maximum Gasteiger partial charge on any atom is 0.336 e. The summed E-state index contributed by atoms with van der Waals surface area (Å²) in [5.74, 6) is -1.17. The number of carboxylic acids is 1. The molecule has 0 amide bonds.